The lowest BCUT2D eigenvalue weighted by Crippen LogP contribution is -2.45. The Bertz CT molecular complexity index is 907. The van der Waals surface area contributed by atoms with E-state index >= 15 is 8.78 Å². The number of nitrogens with zero attached hydrogens (tertiary/aromatic N) is 2. The number of anilines is 1. The minimum absolute atomic E-state index is 0.182. The summed E-state index contributed by atoms with van der Waals surface area (Å²) in [5, 5.41) is 0. The smallest absolute Gasteiger partial charge is 0.431 e. The summed E-state index contributed by atoms with van der Waals surface area (Å²) < 4.78 is 55.8. The fraction of sp³-hybridized carbons (Fsp3) is 0.684. The highest BCUT2D eigenvalue weighted by Crippen LogP contribution is 2.44. The van der Waals surface area contributed by atoms with Crippen LogP contribution in [0.3, 0.4) is 0 Å². The molecule has 1 aliphatic heterocycles. The maximum absolute atomic E-state index is 15.2. The van der Waals surface area contributed by atoms with Crippen LogP contribution in [0.15, 0.2) is 17.1 Å². The first-order valence-electron chi connectivity index (χ1n) is 9.63. The Morgan fingerprint density at radius 2 is 1.72 bits per heavy atom. The predicted molar refractivity (Wildman–Crippen MR) is 105 cm³/mol. The van der Waals surface area contributed by atoms with Gasteiger partial charge in [-0.2, -0.15) is 13.8 Å². The Morgan fingerprint density at radius 3 is 2.25 bits per heavy atom. The zero-order chi connectivity index (χ0) is 24.5. The van der Waals surface area contributed by atoms with Crippen LogP contribution >= 0.6 is 0 Å². The van der Waals surface area contributed by atoms with Crippen molar-refractivity contribution >= 4 is 18.1 Å². The number of hydrogen-bond donors (Lipinski definition) is 1. The van der Waals surface area contributed by atoms with Crippen molar-refractivity contribution in [1.82, 2.24) is 9.55 Å². The molecule has 1 aromatic heterocycles. The maximum atomic E-state index is 15.2. The van der Waals surface area contributed by atoms with Crippen molar-refractivity contribution < 1.29 is 42.1 Å². The molecule has 0 radical (unpaired) electrons. The van der Waals surface area contributed by atoms with E-state index in [0.717, 1.165) is 12.3 Å². The van der Waals surface area contributed by atoms with Gasteiger partial charge in [-0.05, 0) is 47.6 Å². The molecule has 1 aromatic rings. The third-order valence-corrected chi connectivity index (χ3v) is 3.82. The fourth-order valence-electron chi connectivity index (χ4n) is 2.66. The highest BCUT2D eigenvalue weighted by Gasteiger charge is 2.63. The molecule has 3 atom stereocenters. The second-order valence-corrected chi connectivity index (χ2v) is 9.02. The highest BCUT2D eigenvalue weighted by molar-refractivity contribution is 5.61. The van der Waals surface area contributed by atoms with Crippen LogP contribution in [-0.4, -0.2) is 57.8 Å². The Labute approximate surface area is 182 Å². The molecule has 1 fully saturated rings. The average molecular weight is 463 g/mol. The quantitative estimate of drug-likeness (QED) is 0.662. The van der Waals surface area contributed by atoms with Gasteiger partial charge in [-0.25, -0.2) is 14.4 Å². The van der Waals surface area contributed by atoms with E-state index in [2.05, 4.69) is 4.98 Å². The summed E-state index contributed by atoms with van der Waals surface area (Å²) >= 11 is 0. The second kappa shape index (κ2) is 8.88. The molecule has 180 valence electrons. The van der Waals surface area contributed by atoms with E-state index in [0.29, 0.717) is 4.57 Å². The van der Waals surface area contributed by atoms with Crippen molar-refractivity contribution in [2.24, 2.45) is 0 Å². The highest BCUT2D eigenvalue weighted by atomic mass is 19.3. The molecule has 0 amide bonds. The van der Waals surface area contributed by atoms with Crippen LogP contribution in [0.25, 0.3) is 0 Å². The van der Waals surface area contributed by atoms with Crippen molar-refractivity contribution in [3.63, 3.8) is 0 Å². The van der Waals surface area contributed by atoms with Crippen molar-refractivity contribution in [3.05, 3.63) is 22.7 Å². The van der Waals surface area contributed by atoms with Crippen molar-refractivity contribution in [1.29, 1.82) is 0 Å². The first kappa shape index (κ1) is 25.3. The number of ether oxygens (including phenoxy) is 5. The molecule has 0 unspecified atom stereocenters. The monoisotopic (exact) mass is 463 g/mol. The topological polar surface area (TPSA) is 141 Å². The van der Waals surface area contributed by atoms with Crippen molar-refractivity contribution in [2.75, 3.05) is 12.3 Å². The third-order valence-electron chi connectivity index (χ3n) is 3.82. The normalized spacial score (nSPS) is 22.8. The van der Waals surface area contributed by atoms with Crippen molar-refractivity contribution in [2.45, 2.75) is 77.1 Å². The van der Waals surface area contributed by atoms with Gasteiger partial charge in [-0.1, -0.05) is 0 Å². The molecule has 11 nitrogen and oxygen atoms in total. The lowest BCUT2D eigenvalue weighted by Gasteiger charge is -2.26. The Hall–Kier alpha value is -2.96. The van der Waals surface area contributed by atoms with Gasteiger partial charge in [0.25, 0.3) is 0 Å². The summed E-state index contributed by atoms with van der Waals surface area (Å²) in [6.45, 7) is 8.54. The van der Waals surface area contributed by atoms with Crippen LogP contribution in [0.4, 0.5) is 24.2 Å². The number of halogens is 2. The van der Waals surface area contributed by atoms with Gasteiger partial charge in [0.2, 0.25) is 12.3 Å². The summed E-state index contributed by atoms with van der Waals surface area (Å²) in [7, 11) is 0. The zero-order valence-electron chi connectivity index (χ0n) is 18.6. The molecule has 0 bridgehead atoms. The van der Waals surface area contributed by atoms with E-state index in [1.165, 1.54) is 20.8 Å². The molecule has 0 aromatic carbocycles. The lowest BCUT2D eigenvalue weighted by atomic mass is 10.1. The van der Waals surface area contributed by atoms with Gasteiger partial charge in [-0.15, -0.1) is 0 Å². The van der Waals surface area contributed by atoms with Crippen LogP contribution in [0.2, 0.25) is 0 Å². The summed E-state index contributed by atoms with van der Waals surface area (Å²) in [4.78, 5) is 39.4. The molecule has 2 rings (SSSR count). The average Bonchev–Trinajstić information content (AvgIpc) is 2.81. The Kier molecular flexibility index (Phi) is 7.02. The van der Waals surface area contributed by atoms with E-state index in [1.807, 2.05) is 0 Å². The van der Waals surface area contributed by atoms with E-state index in [4.69, 9.17) is 29.4 Å². The van der Waals surface area contributed by atoms with Gasteiger partial charge < -0.3 is 29.4 Å². The molecule has 1 saturated heterocycles. The number of carbonyl (C=O) groups excluding carboxylic acids is 2. The number of alkyl halides is 2. The van der Waals surface area contributed by atoms with Gasteiger partial charge in [0.05, 0.1) is 0 Å². The van der Waals surface area contributed by atoms with E-state index in [9.17, 15) is 14.4 Å². The van der Waals surface area contributed by atoms with E-state index in [1.54, 1.807) is 20.8 Å². The van der Waals surface area contributed by atoms with Crippen LogP contribution in [-0.2, 0) is 23.7 Å². The SMILES string of the molecule is CC(C)(C)OC(=O)OC[C@@H]1O[C@H](n2ccc(N)nc2=O)C(F)(F)[C@H]1OC(=O)OC(C)(C)C. The first-order valence-corrected chi connectivity index (χ1v) is 9.63. The number of nitrogens with two attached hydrogens (primary N) is 1. The molecule has 0 aliphatic carbocycles. The molecule has 2 N–H and O–H groups in total. The molecular formula is C19H27F2N3O8. The number of carbonyl (C=O) groups is 2. The molecule has 32 heavy (non-hydrogen) atoms. The van der Waals surface area contributed by atoms with Gasteiger partial charge in [-0.3, -0.25) is 4.57 Å². The summed E-state index contributed by atoms with van der Waals surface area (Å²) in [6, 6.07) is 1.12. The second-order valence-electron chi connectivity index (χ2n) is 9.02. The number of nitrogen functional groups attached to an aromatic ring is 1. The summed E-state index contributed by atoms with van der Waals surface area (Å²) in [5.41, 5.74) is 2.37. The molecule has 0 spiro atoms. The third kappa shape index (κ3) is 6.52. The Balaban J connectivity index is 2.29. The van der Waals surface area contributed by atoms with Gasteiger partial charge in [0.15, 0.2) is 0 Å². The lowest BCUT2D eigenvalue weighted by molar-refractivity contribution is -0.149. The van der Waals surface area contributed by atoms with Crippen LogP contribution in [0.1, 0.15) is 47.8 Å². The molecular weight excluding hydrogens is 436 g/mol. The number of aromatic nitrogens is 2. The number of rotatable bonds is 4. The van der Waals surface area contributed by atoms with E-state index in [-0.39, 0.29) is 5.82 Å². The first-order chi connectivity index (χ1) is 14.5. The van der Waals surface area contributed by atoms with E-state index < -0.39 is 60.2 Å². The number of hydrogen-bond acceptors (Lipinski definition) is 10. The standard InChI is InChI=1S/C19H27F2N3O8/c1-17(2,3)31-15(26)28-9-10-12(30-16(27)32-18(4,5)6)19(20,21)13(29-10)24-8-7-11(22)23-14(24)25/h7-8,10,12-13H,9H2,1-6H3,(H2,22,23,25)/t10-,12-,13-/m0/s1. The maximum Gasteiger partial charge on any atom is 0.509 e. The fourth-order valence-corrected chi connectivity index (χ4v) is 2.66. The zero-order valence-corrected chi connectivity index (χ0v) is 18.6. The minimum Gasteiger partial charge on any atom is -0.431 e. The summed E-state index contributed by atoms with van der Waals surface area (Å²) in [5.74, 6) is -4.11. The molecule has 0 saturated carbocycles. The van der Waals surface area contributed by atoms with Crippen LogP contribution in [0.5, 0.6) is 0 Å². The summed E-state index contributed by atoms with van der Waals surface area (Å²) in [6.07, 6.45) is -7.70. The molecule has 1 aliphatic rings. The Morgan fingerprint density at radius 1 is 1.16 bits per heavy atom. The van der Waals surface area contributed by atoms with Crippen LogP contribution in [0, 0.1) is 0 Å². The largest absolute Gasteiger partial charge is 0.509 e. The van der Waals surface area contributed by atoms with Gasteiger partial charge >= 0.3 is 23.9 Å². The molecule has 13 heteroatoms. The van der Waals surface area contributed by atoms with Crippen LogP contribution < -0.4 is 11.4 Å². The van der Waals surface area contributed by atoms with Crippen molar-refractivity contribution in [3.8, 4) is 0 Å². The predicted octanol–water partition coefficient (Wildman–Crippen LogP) is 2.63. The van der Waals surface area contributed by atoms with Gasteiger partial charge in [0.1, 0.15) is 29.7 Å². The minimum atomic E-state index is -3.93. The molecule has 2 heterocycles. The van der Waals surface area contributed by atoms with Gasteiger partial charge in [0, 0.05) is 6.20 Å².